The summed E-state index contributed by atoms with van der Waals surface area (Å²) in [5.41, 5.74) is 0.856. The zero-order chi connectivity index (χ0) is 14.6. The van der Waals surface area contributed by atoms with E-state index in [1.807, 2.05) is 19.1 Å². The first-order chi connectivity index (χ1) is 9.30. The molecule has 1 fully saturated rings. The molecular formula is C16H21NO2S. The van der Waals surface area contributed by atoms with Crippen LogP contribution >= 0.6 is 0 Å². The van der Waals surface area contributed by atoms with Gasteiger partial charge in [0.1, 0.15) is 0 Å². The van der Waals surface area contributed by atoms with E-state index in [0.29, 0.717) is 11.4 Å². The maximum absolute atomic E-state index is 12.8. The van der Waals surface area contributed by atoms with Crippen molar-refractivity contribution in [1.29, 1.82) is 0 Å². The molecule has 3 nitrogen and oxygen atoms in total. The highest BCUT2D eigenvalue weighted by atomic mass is 32.2. The summed E-state index contributed by atoms with van der Waals surface area (Å²) in [4.78, 5) is 0.404. The average molecular weight is 291 g/mol. The molecule has 3 rings (SSSR count). The molecule has 0 bridgehead atoms. The van der Waals surface area contributed by atoms with Crippen molar-refractivity contribution in [2.24, 2.45) is 5.41 Å². The highest BCUT2D eigenvalue weighted by Gasteiger charge is 2.62. The van der Waals surface area contributed by atoms with Crippen LogP contribution in [0.3, 0.4) is 0 Å². The Kier molecular flexibility index (Phi) is 2.89. The summed E-state index contributed by atoms with van der Waals surface area (Å²) >= 11 is 0. The number of hydrogen-bond acceptors (Lipinski definition) is 2. The molecular weight excluding hydrogens is 270 g/mol. The van der Waals surface area contributed by atoms with Crippen molar-refractivity contribution in [2.75, 3.05) is 6.54 Å². The lowest BCUT2D eigenvalue weighted by Crippen LogP contribution is -2.73. The minimum Gasteiger partial charge on any atom is -0.207 e. The van der Waals surface area contributed by atoms with Gasteiger partial charge in [0.05, 0.1) is 4.90 Å². The summed E-state index contributed by atoms with van der Waals surface area (Å²) in [6.45, 7) is 6.85. The van der Waals surface area contributed by atoms with E-state index in [1.165, 1.54) is 0 Å². The summed E-state index contributed by atoms with van der Waals surface area (Å²) in [5.74, 6) is 0. The molecule has 1 aliphatic carbocycles. The fourth-order valence-corrected chi connectivity index (χ4v) is 5.36. The third kappa shape index (κ3) is 1.71. The molecule has 2 atom stereocenters. The maximum atomic E-state index is 12.8. The zero-order valence-electron chi connectivity index (χ0n) is 12.3. The lowest BCUT2D eigenvalue weighted by molar-refractivity contribution is -0.0807. The molecule has 0 N–H and O–H groups in total. The first-order valence-corrected chi connectivity index (χ1v) is 8.48. The smallest absolute Gasteiger partial charge is 0.207 e. The Hall–Kier alpha value is -1.13. The number of nitrogens with zero attached hydrogens (tertiary/aromatic N) is 1. The predicted octanol–water partition coefficient (Wildman–Crippen LogP) is 3.11. The summed E-state index contributed by atoms with van der Waals surface area (Å²) < 4.78 is 27.3. The van der Waals surface area contributed by atoms with E-state index >= 15 is 0 Å². The van der Waals surface area contributed by atoms with Crippen molar-refractivity contribution in [1.82, 2.24) is 4.31 Å². The van der Waals surface area contributed by atoms with Crippen LogP contribution in [0.15, 0.2) is 41.3 Å². The standard InChI is InChI=1S/C16H21NO2S/c1-13-6-8-14(9-7-13)20(18,19)17-12-15(2)10-4-5-11-16(15,17)3/h4-9H,10-12H2,1-3H3/t15-,16-/m0/s1. The second-order valence-electron chi connectivity index (χ2n) is 6.54. The highest BCUT2D eigenvalue weighted by molar-refractivity contribution is 7.89. The number of benzene rings is 1. The average Bonchev–Trinajstić information content (AvgIpc) is 2.39. The van der Waals surface area contributed by atoms with Gasteiger partial charge in [-0.3, -0.25) is 0 Å². The van der Waals surface area contributed by atoms with Crippen molar-refractivity contribution < 1.29 is 8.42 Å². The van der Waals surface area contributed by atoms with Crippen LogP contribution in [0.25, 0.3) is 0 Å². The van der Waals surface area contributed by atoms with Crippen LogP contribution in [0.5, 0.6) is 0 Å². The molecule has 0 amide bonds. The second kappa shape index (κ2) is 4.18. The molecule has 1 aliphatic heterocycles. The summed E-state index contributed by atoms with van der Waals surface area (Å²) in [6.07, 6.45) is 6.05. The molecule has 0 unspecified atom stereocenters. The molecule has 0 radical (unpaired) electrons. The Morgan fingerprint density at radius 2 is 1.65 bits per heavy atom. The van der Waals surface area contributed by atoms with E-state index in [-0.39, 0.29) is 11.0 Å². The lowest BCUT2D eigenvalue weighted by Gasteiger charge is -2.64. The molecule has 1 saturated heterocycles. The van der Waals surface area contributed by atoms with Gasteiger partial charge in [0.2, 0.25) is 10.0 Å². The van der Waals surface area contributed by atoms with Gasteiger partial charge < -0.3 is 0 Å². The minimum absolute atomic E-state index is 0.0690. The van der Waals surface area contributed by atoms with Crippen molar-refractivity contribution in [3.05, 3.63) is 42.0 Å². The third-order valence-corrected chi connectivity index (χ3v) is 7.18. The molecule has 4 heteroatoms. The zero-order valence-corrected chi connectivity index (χ0v) is 13.1. The lowest BCUT2D eigenvalue weighted by atomic mass is 9.59. The summed E-state index contributed by atoms with van der Waals surface area (Å²) in [6, 6.07) is 7.13. The van der Waals surface area contributed by atoms with Gasteiger partial charge in [-0.1, -0.05) is 36.8 Å². The highest BCUT2D eigenvalue weighted by Crippen LogP contribution is 2.55. The molecule has 20 heavy (non-hydrogen) atoms. The molecule has 2 aliphatic rings. The monoisotopic (exact) mass is 291 g/mol. The number of hydrogen-bond donors (Lipinski definition) is 0. The molecule has 0 saturated carbocycles. The SMILES string of the molecule is Cc1ccc(S(=O)(=O)N2C[C@]3(C)CC=CC[C@]23C)cc1. The number of allylic oxidation sites excluding steroid dienone is 1. The van der Waals surface area contributed by atoms with Crippen molar-refractivity contribution >= 4 is 10.0 Å². The normalized spacial score (nSPS) is 33.5. The Bertz CT molecular complexity index is 662. The Balaban J connectivity index is 1.98. The van der Waals surface area contributed by atoms with Crippen molar-refractivity contribution in [2.45, 2.75) is 44.0 Å². The van der Waals surface area contributed by atoms with Gasteiger partial charge in [-0.2, -0.15) is 4.31 Å². The van der Waals surface area contributed by atoms with E-state index in [1.54, 1.807) is 16.4 Å². The van der Waals surface area contributed by atoms with Gasteiger partial charge in [-0.05, 0) is 38.8 Å². The summed E-state index contributed by atoms with van der Waals surface area (Å²) in [7, 11) is -3.39. The van der Waals surface area contributed by atoms with Crippen LogP contribution in [0.4, 0.5) is 0 Å². The Labute approximate surface area is 121 Å². The van der Waals surface area contributed by atoms with Crippen LogP contribution < -0.4 is 0 Å². The van der Waals surface area contributed by atoms with Crippen LogP contribution in [0, 0.1) is 12.3 Å². The van der Waals surface area contributed by atoms with E-state index in [9.17, 15) is 8.42 Å². The van der Waals surface area contributed by atoms with E-state index in [4.69, 9.17) is 0 Å². The van der Waals surface area contributed by atoms with Gasteiger partial charge in [0.15, 0.2) is 0 Å². The van der Waals surface area contributed by atoms with E-state index < -0.39 is 10.0 Å². The van der Waals surface area contributed by atoms with Gasteiger partial charge in [0, 0.05) is 17.5 Å². The molecule has 0 aromatic heterocycles. The fraction of sp³-hybridized carbons (Fsp3) is 0.500. The predicted molar refractivity (Wildman–Crippen MR) is 80.0 cm³/mol. The molecule has 0 spiro atoms. The van der Waals surface area contributed by atoms with Gasteiger partial charge in [0.25, 0.3) is 0 Å². The van der Waals surface area contributed by atoms with Crippen LogP contribution in [0.1, 0.15) is 32.3 Å². The molecule has 1 heterocycles. The molecule has 1 aromatic rings. The first-order valence-electron chi connectivity index (χ1n) is 7.04. The first kappa shape index (κ1) is 13.8. The Morgan fingerprint density at radius 1 is 1.05 bits per heavy atom. The topological polar surface area (TPSA) is 37.4 Å². The maximum Gasteiger partial charge on any atom is 0.243 e. The number of fused-ring (bicyclic) bond motifs is 1. The number of sulfonamides is 1. The molecule has 108 valence electrons. The fourth-order valence-electron chi connectivity index (χ4n) is 3.35. The minimum atomic E-state index is -3.39. The van der Waals surface area contributed by atoms with Crippen LogP contribution in [0.2, 0.25) is 0 Å². The van der Waals surface area contributed by atoms with Crippen LogP contribution in [-0.4, -0.2) is 24.8 Å². The molecule has 1 aromatic carbocycles. The van der Waals surface area contributed by atoms with Crippen LogP contribution in [-0.2, 0) is 10.0 Å². The Morgan fingerprint density at radius 3 is 2.25 bits per heavy atom. The quantitative estimate of drug-likeness (QED) is 0.785. The van der Waals surface area contributed by atoms with Gasteiger partial charge >= 0.3 is 0 Å². The third-order valence-electron chi connectivity index (χ3n) is 5.20. The number of aryl methyl sites for hydroxylation is 1. The van der Waals surface area contributed by atoms with Gasteiger partial charge in [-0.25, -0.2) is 8.42 Å². The number of rotatable bonds is 2. The van der Waals surface area contributed by atoms with E-state index in [2.05, 4.69) is 26.0 Å². The van der Waals surface area contributed by atoms with Crippen molar-refractivity contribution in [3.63, 3.8) is 0 Å². The second-order valence-corrected chi connectivity index (χ2v) is 8.40. The summed E-state index contributed by atoms with van der Waals surface area (Å²) in [5, 5.41) is 0. The largest absolute Gasteiger partial charge is 0.243 e. The van der Waals surface area contributed by atoms with Crippen molar-refractivity contribution in [3.8, 4) is 0 Å². The van der Waals surface area contributed by atoms with E-state index in [0.717, 1.165) is 18.4 Å². The van der Waals surface area contributed by atoms with Gasteiger partial charge in [-0.15, -0.1) is 0 Å².